The first-order valence-electron chi connectivity index (χ1n) is 1.55. The normalized spacial score (nSPS) is 12.7. The number of aliphatic hydroxyl groups excluding tert-OH is 1. The third-order valence-corrected chi connectivity index (χ3v) is 0.394. The third kappa shape index (κ3) is 1.88. The summed E-state index contributed by atoms with van der Waals surface area (Å²) in [6.07, 6.45) is -1.67. The Kier molecular flexibility index (Phi) is 2.01. The van der Waals surface area contributed by atoms with Crippen molar-refractivity contribution in [3.05, 3.63) is 0 Å². The molecule has 0 aromatic rings. The molecule has 0 spiro atoms. The first-order chi connectivity index (χ1) is 3.18. The molecule has 0 amide bonds. The molecule has 40 valence electrons. The van der Waals surface area contributed by atoms with Crippen molar-refractivity contribution in [2.75, 3.05) is 0 Å². The lowest BCUT2D eigenvalue weighted by Crippen LogP contribution is -2.15. The standard InChI is InChI=1S/C3H5NO3/c1-4-2(5)3(6)7/h2,5H,1H2,(H,6,7). The monoisotopic (exact) mass is 103 g/mol. The van der Waals surface area contributed by atoms with Gasteiger partial charge in [-0.15, -0.1) is 0 Å². The van der Waals surface area contributed by atoms with Gasteiger partial charge in [0.05, 0.1) is 0 Å². The van der Waals surface area contributed by atoms with Crippen LogP contribution in [0.2, 0.25) is 0 Å². The summed E-state index contributed by atoms with van der Waals surface area (Å²) in [5.41, 5.74) is 0. The van der Waals surface area contributed by atoms with Crippen LogP contribution in [-0.2, 0) is 4.79 Å². The Morgan fingerprint density at radius 2 is 2.29 bits per heavy atom. The van der Waals surface area contributed by atoms with Gasteiger partial charge in [0, 0.05) is 0 Å². The molecule has 0 aromatic carbocycles. The van der Waals surface area contributed by atoms with E-state index in [0.717, 1.165) is 0 Å². The second-order valence-electron chi connectivity index (χ2n) is 0.894. The Balaban J connectivity index is 3.55. The molecule has 0 radical (unpaired) electrons. The predicted octanol–water partition coefficient (Wildman–Crippen LogP) is -0.910. The van der Waals surface area contributed by atoms with Crippen molar-refractivity contribution in [3.8, 4) is 0 Å². The van der Waals surface area contributed by atoms with E-state index >= 15 is 0 Å². The molecule has 0 bridgehead atoms. The van der Waals surface area contributed by atoms with Gasteiger partial charge < -0.3 is 10.2 Å². The molecule has 4 heteroatoms. The fraction of sp³-hybridized carbons (Fsp3) is 0.333. The second-order valence-corrected chi connectivity index (χ2v) is 0.894. The molecule has 0 aliphatic carbocycles. The molecule has 0 saturated carbocycles. The molecule has 7 heavy (non-hydrogen) atoms. The number of carboxylic acid groups (broad SMARTS) is 1. The van der Waals surface area contributed by atoms with Crippen molar-refractivity contribution in [3.63, 3.8) is 0 Å². The van der Waals surface area contributed by atoms with Crippen LogP contribution in [0.3, 0.4) is 0 Å². The van der Waals surface area contributed by atoms with E-state index in [9.17, 15) is 4.79 Å². The van der Waals surface area contributed by atoms with Crippen molar-refractivity contribution in [2.24, 2.45) is 4.99 Å². The molecule has 0 saturated heterocycles. The Morgan fingerprint density at radius 1 is 1.86 bits per heavy atom. The van der Waals surface area contributed by atoms with Crippen molar-refractivity contribution in [1.29, 1.82) is 0 Å². The topological polar surface area (TPSA) is 69.9 Å². The van der Waals surface area contributed by atoms with Crippen LogP contribution in [0.4, 0.5) is 0 Å². The average molecular weight is 103 g/mol. The zero-order valence-electron chi connectivity index (χ0n) is 3.53. The van der Waals surface area contributed by atoms with Gasteiger partial charge in [-0.05, 0) is 6.72 Å². The van der Waals surface area contributed by atoms with E-state index in [1.165, 1.54) is 0 Å². The van der Waals surface area contributed by atoms with Gasteiger partial charge in [0.1, 0.15) is 0 Å². The molecule has 0 aliphatic rings. The van der Waals surface area contributed by atoms with Gasteiger partial charge in [0.15, 0.2) is 0 Å². The van der Waals surface area contributed by atoms with Gasteiger partial charge in [0.25, 0.3) is 0 Å². The van der Waals surface area contributed by atoms with Gasteiger partial charge in [-0.1, -0.05) is 0 Å². The van der Waals surface area contributed by atoms with Gasteiger partial charge in [0.2, 0.25) is 6.23 Å². The number of aliphatic hydroxyl groups is 1. The largest absolute Gasteiger partial charge is 0.478 e. The summed E-state index contributed by atoms with van der Waals surface area (Å²) < 4.78 is 0. The number of nitrogens with zero attached hydrogens (tertiary/aromatic N) is 1. The van der Waals surface area contributed by atoms with Crippen LogP contribution < -0.4 is 0 Å². The first-order valence-corrected chi connectivity index (χ1v) is 1.55. The molecule has 1 atom stereocenters. The zero-order chi connectivity index (χ0) is 5.86. The van der Waals surface area contributed by atoms with Gasteiger partial charge >= 0.3 is 5.97 Å². The molecule has 0 fully saturated rings. The predicted molar refractivity (Wildman–Crippen MR) is 23.2 cm³/mol. The van der Waals surface area contributed by atoms with Gasteiger partial charge in [-0.3, -0.25) is 4.99 Å². The van der Waals surface area contributed by atoms with E-state index in [4.69, 9.17) is 10.2 Å². The minimum absolute atomic E-state index is 1.38. The summed E-state index contributed by atoms with van der Waals surface area (Å²) in [4.78, 5) is 12.3. The zero-order valence-corrected chi connectivity index (χ0v) is 3.53. The van der Waals surface area contributed by atoms with Gasteiger partial charge in [-0.2, -0.15) is 0 Å². The Morgan fingerprint density at radius 3 is 2.29 bits per heavy atom. The molecule has 0 rings (SSSR count). The lowest BCUT2D eigenvalue weighted by molar-refractivity contribution is -0.146. The number of hydrogen-bond donors (Lipinski definition) is 2. The van der Waals surface area contributed by atoms with Crippen molar-refractivity contribution in [2.45, 2.75) is 6.23 Å². The maximum atomic E-state index is 9.55. The van der Waals surface area contributed by atoms with Crippen molar-refractivity contribution < 1.29 is 15.0 Å². The SMILES string of the molecule is C=NC(O)C(=O)O. The minimum atomic E-state index is -1.67. The average Bonchev–Trinajstić information content (AvgIpc) is 1.65. The molecule has 1 unspecified atom stereocenters. The fourth-order valence-electron chi connectivity index (χ4n) is 0.0781. The summed E-state index contributed by atoms with van der Waals surface area (Å²) in [6, 6.07) is 0. The highest BCUT2D eigenvalue weighted by Crippen LogP contribution is 1.78. The smallest absolute Gasteiger partial charge is 0.355 e. The Labute approximate surface area is 40.1 Å². The molecule has 0 aromatic heterocycles. The summed E-state index contributed by atoms with van der Waals surface area (Å²) >= 11 is 0. The quantitative estimate of drug-likeness (QED) is 0.444. The molecule has 4 nitrogen and oxygen atoms in total. The van der Waals surface area contributed by atoms with E-state index in [1.54, 1.807) is 0 Å². The maximum Gasteiger partial charge on any atom is 0.355 e. The maximum absolute atomic E-state index is 9.55. The number of carboxylic acids is 1. The highest BCUT2D eigenvalue weighted by molar-refractivity contribution is 5.72. The van der Waals surface area contributed by atoms with Gasteiger partial charge in [-0.25, -0.2) is 4.79 Å². The summed E-state index contributed by atoms with van der Waals surface area (Å²) in [6.45, 7) is 2.80. The van der Waals surface area contributed by atoms with Crippen LogP contribution in [0.1, 0.15) is 0 Å². The summed E-state index contributed by atoms with van der Waals surface area (Å²) in [5, 5.41) is 15.9. The van der Waals surface area contributed by atoms with E-state index in [2.05, 4.69) is 11.7 Å². The van der Waals surface area contributed by atoms with Crippen LogP contribution in [0.5, 0.6) is 0 Å². The fourth-order valence-corrected chi connectivity index (χ4v) is 0.0781. The molecule has 0 heterocycles. The number of carbonyl (C=O) groups is 1. The van der Waals surface area contributed by atoms with Crippen LogP contribution in [-0.4, -0.2) is 29.1 Å². The lowest BCUT2D eigenvalue weighted by atomic mass is 10.6. The molecule has 0 aliphatic heterocycles. The Bertz CT molecular complexity index is 90.2. The molecule has 2 N–H and O–H groups in total. The highest BCUT2D eigenvalue weighted by atomic mass is 16.4. The first kappa shape index (κ1) is 6.10. The number of hydrogen-bond acceptors (Lipinski definition) is 3. The van der Waals surface area contributed by atoms with E-state index < -0.39 is 12.2 Å². The van der Waals surface area contributed by atoms with E-state index in [0.29, 0.717) is 0 Å². The summed E-state index contributed by atoms with van der Waals surface area (Å²) in [5.74, 6) is -1.38. The van der Waals surface area contributed by atoms with Crippen LogP contribution in [0.15, 0.2) is 4.99 Å². The lowest BCUT2D eigenvalue weighted by Gasteiger charge is -1.91. The van der Waals surface area contributed by atoms with Crippen molar-refractivity contribution >= 4 is 12.7 Å². The number of rotatable bonds is 2. The van der Waals surface area contributed by atoms with Crippen LogP contribution in [0.25, 0.3) is 0 Å². The number of aliphatic carboxylic acids is 1. The third-order valence-electron chi connectivity index (χ3n) is 0.394. The van der Waals surface area contributed by atoms with E-state index in [1.807, 2.05) is 0 Å². The molecular formula is C3H5NO3. The highest BCUT2D eigenvalue weighted by Gasteiger charge is 2.06. The van der Waals surface area contributed by atoms with Crippen LogP contribution in [0, 0.1) is 0 Å². The van der Waals surface area contributed by atoms with E-state index in [-0.39, 0.29) is 0 Å². The Hall–Kier alpha value is -0.900. The summed E-state index contributed by atoms with van der Waals surface area (Å²) in [7, 11) is 0. The van der Waals surface area contributed by atoms with Crippen molar-refractivity contribution in [1.82, 2.24) is 0 Å². The second kappa shape index (κ2) is 2.30. The van der Waals surface area contributed by atoms with Crippen LogP contribution >= 0.6 is 0 Å². The minimum Gasteiger partial charge on any atom is -0.478 e. The number of aliphatic imine (C=N–C) groups is 1. The molecular weight excluding hydrogens is 98.0 g/mol.